The second-order valence-corrected chi connectivity index (χ2v) is 5.93. The van der Waals surface area contributed by atoms with Crippen LogP contribution in [0.15, 0.2) is 36.4 Å². The molecule has 1 N–H and O–H groups in total. The van der Waals surface area contributed by atoms with Gasteiger partial charge in [0.2, 0.25) is 0 Å². The molecule has 100 valence electrons. The summed E-state index contributed by atoms with van der Waals surface area (Å²) in [5.41, 5.74) is 3.47. The molecule has 0 saturated heterocycles. The van der Waals surface area contributed by atoms with E-state index in [4.69, 9.17) is 5.11 Å². The third-order valence-electron chi connectivity index (χ3n) is 3.60. The third kappa shape index (κ3) is 2.14. The smallest absolute Gasteiger partial charge is 0.335 e. The lowest BCUT2D eigenvalue weighted by Crippen LogP contribution is -2.06. The number of benzene rings is 2. The lowest BCUT2D eigenvalue weighted by molar-refractivity contribution is 0.0696. The Balaban J connectivity index is 2.16. The number of carboxylic acid groups (broad SMARTS) is 1. The normalized spacial score (nSPS) is 13.3. The summed E-state index contributed by atoms with van der Waals surface area (Å²) in [5, 5.41) is 9.05. The first kappa shape index (κ1) is 13.3. The summed E-state index contributed by atoms with van der Waals surface area (Å²) < 4.78 is 1.08. The molecule has 0 saturated carbocycles. The molecule has 0 unspecified atom stereocenters. The van der Waals surface area contributed by atoms with Crippen molar-refractivity contribution in [3.8, 4) is 0 Å². The molecule has 0 radical (unpaired) electrons. The number of ketones is 1. The molecular weight excluding hydrogens is 367 g/mol. The van der Waals surface area contributed by atoms with Gasteiger partial charge in [-0.15, -0.1) is 0 Å². The maximum atomic E-state index is 12.6. The van der Waals surface area contributed by atoms with Gasteiger partial charge in [-0.3, -0.25) is 4.79 Å². The quantitative estimate of drug-likeness (QED) is 0.775. The number of carbonyl (C=O) groups is 2. The van der Waals surface area contributed by atoms with Gasteiger partial charge < -0.3 is 5.11 Å². The van der Waals surface area contributed by atoms with Crippen molar-refractivity contribution < 1.29 is 14.7 Å². The first-order chi connectivity index (χ1) is 9.58. The summed E-state index contributed by atoms with van der Waals surface area (Å²) in [5.74, 6) is -0.973. The van der Waals surface area contributed by atoms with E-state index >= 15 is 0 Å². The van der Waals surface area contributed by atoms with Gasteiger partial charge in [-0.2, -0.15) is 0 Å². The fraction of sp³-hybridized carbons (Fsp3) is 0.125. The Morgan fingerprint density at radius 3 is 2.65 bits per heavy atom. The standard InChI is InChI=1S/C16H11IO3/c17-14-3-1-2-13-12(14)7-4-9-8-10(16(19)20)5-6-11(9)15(13)18/h1-3,5-6,8H,4,7H2,(H,19,20). The Bertz CT molecular complexity index is 734. The van der Waals surface area contributed by atoms with Crippen LogP contribution in [-0.2, 0) is 12.8 Å². The number of halogens is 1. The van der Waals surface area contributed by atoms with E-state index < -0.39 is 5.97 Å². The van der Waals surface area contributed by atoms with Gasteiger partial charge in [0, 0.05) is 14.7 Å². The molecule has 3 nitrogen and oxygen atoms in total. The van der Waals surface area contributed by atoms with Crippen LogP contribution in [0.5, 0.6) is 0 Å². The minimum absolute atomic E-state index is 0.0112. The topological polar surface area (TPSA) is 54.4 Å². The zero-order valence-corrected chi connectivity index (χ0v) is 12.7. The highest BCUT2D eigenvalue weighted by molar-refractivity contribution is 14.1. The van der Waals surface area contributed by atoms with Crippen molar-refractivity contribution in [2.45, 2.75) is 12.8 Å². The number of fused-ring (bicyclic) bond motifs is 2. The van der Waals surface area contributed by atoms with Crippen molar-refractivity contribution >= 4 is 34.3 Å². The van der Waals surface area contributed by atoms with Crippen LogP contribution in [0.1, 0.15) is 37.4 Å². The van der Waals surface area contributed by atoms with E-state index in [1.54, 1.807) is 12.1 Å². The van der Waals surface area contributed by atoms with Crippen molar-refractivity contribution in [3.63, 3.8) is 0 Å². The van der Waals surface area contributed by atoms with Crippen LogP contribution in [0.4, 0.5) is 0 Å². The molecule has 0 fully saturated rings. The molecule has 1 aliphatic carbocycles. The molecular formula is C16H11IO3. The fourth-order valence-corrected chi connectivity index (χ4v) is 3.35. The molecule has 20 heavy (non-hydrogen) atoms. The Labute approximate surface area is 129 Å². The number of rotatable bonds is 1. The maximum Gasteiger partial charge on any atom is 0.335 e. The molecule has 0 atom stereocenters. The average molecular weight is 378 g/mol. The van der Waals surface area contributed by atoms with Crippen LogP contribution in [-0.4, -0.2) is 16.9 Å². The van der Waals surface area contributed by atoms with Gasteiger partial charge in [-0.05, 0) is 70.8 Å². The fourth-order valence-electron chi connectivity index (χ4n) is 2.59. The number of aryl methyl sites for hydroxylation is 1. The Kier molecular flexibility index (Phi) is 3.33. The molecule has 0 aromatic heterocycles. The van der Waals surface area contributed by atoms with Crippen LogP contribution >= 0.6 is 22.6 Å². The minimum atomic E-state index is -0.961. The van der Waals surface area contributed by atoms with E-state index in [0.717, 1.165) is 26.7 Å². The van der Waals surface area contributed by atoms with Gasteiger partial charge in [0.05, 0.1) is 5.56 Å². The second kappa shape index (κ2) is 5.01. The number of carbonyl (C=O) groups excluding carboxylic acids is 1. The van der Waals surface area contributed by atoms with Gasteiger partial charge in [0.1, 0.15) is 0 Å². The minimum Gasteiger partial charge on any atom is -0.478 e. The van der Waals surface area contributed by atoms with Crippen molar-refractivity contribution in [3.05, 3.63) is 67.8 Å². The molecule has 0 spiro atoms. The molecule has 3 rings (SSSR count). The van der Waals surface area contributed by atoms with Gasteiger partial charge in [0.15, 0.2) is 5.78 Å². The van der Waals surface area contributed by atoms with E-state index in [-0.39, 0.29) is 11.3 Å². The van der Waals surface area contributed by atoms with E-state index in [2.05, 4.69) is 22.6 Å². The van der Waals surface area contributed by atoms with Crippen molar-refractivity contribution in [1.82, 2.24) is 0 Å². The maximum absolute atomic E-state index is 12.6. The number of hydrogen-bond donors (Lipinski definition) is 1. The van der Waals surface area contributed by atoms with Crippen LogP contribution < -0.4 is 0 Å². The zero-order chi connectivity index (χ0) is 14.3. The SMILES string of the molecule is O=C(O)c1ccc2c(c1)CCc1c(I)cccc1C2=O. The lowest BCUT2D eigenvalue weighted by atomic mass is 9.97. The first-order valence-electron chi connectivity index (χ1n) is 6.26. The molecule has 0 heterocycles. The summed E-state index contributed by atoms with van der Waals surface area (Å²) in [4.78, 5) is 23.7. The molecule has 0 amide bonds. The van der Waals surface area contributed by atoms with Crippen LogP contribution in [0, 0.1) is 3.57 Å². The van der Waals surface area contributed by atoms with Gasteiger partial charge in [0.25, 0.3) is 0 Å². The zero-order valence-electron chi connectivity index (χ0n) is 10.5. The second-order valence-electron chi connectivity index (χ2n) is 4.77. The third-order valence-corrected chi connectivity index (χ3v) is 4.62. The Hall–Kier alpha value is -1.69. The van der Waals surface area contributed by atoms with Gasteiger partial charge in [-0.25, -0.2) is 4.79 Å². The molecule has 2 aromatic carbocycles. The number of aromatic carboxylic acids is 1. The number of hydrogen-bond acceptors (Lipinski definition) is 2. The summed E-state index contributed by atoms with van der Waals surface area (Å²) in [6.07, 6.45) is 1.45. The number of carboxylic acids is 1. The Morgan fingerprint density at radius 2 is 1.90 bits per heavy atom. The van der Waals surface area contributed by atoms with E-state index in [0.29, 0.717) is 12.0 Å². The predicted molar refractivity (Wildman–Crippen MR) is 83.4 cm³/mol. The van der Waals surface area contributed by atoms with E-state index in [1.807, 2.05) is 18.2 Å². The van der Waals surface area contributed by atoms with E-state index in [9.17, 15) is 9.59 Å². The van der Waals surface area contributed by atoms with Crippen LogP contribution in [0.3, 0.4) is 0 Å². The van der Waals surface area contributed by atoms with Gasteiger partial charge in [-0.1, -0.05) is 12.1 Å². The first-order valence-corrected chi connectivity index (χ1v) is 7.34. The summed E-state index contributed by atoms with van der Waals surface area (Å²) in [6, 6.07) is 10.5. The highest BCUT2D eigenvalue weighted by atomic mass is 127. The molecule has 0 aliphatic heterocycles. The van der Waals surface area contributed by atoms with Gasteiger partial charge >= 0.3 is 5.97 Å². The molecule has 0 bridgehead atoms. The van der Waals surface area contributed by atoms with Crippen molar-refractivity contribution in [1.29, 1.82) is 0 Å². The average Bonchev–Trinajstić information content (AvgIpc) is 2.57. The largest absolute Gasteiger partial charge is 0.478 e. The highest BCUT2D eigenvalue weighted by Crippen LogP contribution is 2.28. The lowest BCUT2D eigenvalue weighted by Gasteiger charge is -2.06. The van der Waals surface area contributed by atoms with Crippen LogP contribution in [0.25, 0.3) is 0 Å². The summed E-state index contributed by atoms with van der Waals surface area (Å²) in [6.45, 7) is 0. The summed E-state index contributed by atoms with van der Waals surface area (Å²) >= 11 is 2.24. The monoisotopic (exact) mass is 378 g/mol. The molecule has 4 heteroatoms. The predicted octanol–water partition coefficient (Wildman–Crippen LogP) is 3.32. The molecule has 2 aromatic rings. The Morgan fingerprint density at radius 1 is 1.10 bits per heavy atom. The summed E-state index contributed by atoms with van der Waals surface area (Å²) in [7, 11) is 0. The van der Waals surface area contributed by atoms with E-state index in [1.165, 1.54) is 6.07 Å². The van der Waals surface area contributed by atoms with Crippen molar-refractivity contribution in [2.75, 3.05) is 0 Å². The van der Waals surface area contributed by atoms with Crippen LogP contribution in [0.2, 0.25) is 0 Å². The highest BCUT2D eigenvalue weighted by Gasteiger charge is 2.23. The van der Waals surface area contributed by atoms with Crippen molar-refractivity contribution in [2.24, 2.45) is 0 Å². The molecule has 1 aliphatic rings.